The molecule has 0 atom stereocenters. The van der Waals surface area contributed by atoms with Crippen molar-refractivity contribution < 1.29 is 14.2 Å². The molecule has 0 aromatic heterocycles. The van der Waals surface area contributed by atoms with Crippen LogP contribution >= 0.6 is 0 Å². The molecule has 0 unspecified atom stereocenters. The van der Waals surface area contributed by atoms with Gasteiger partial charge in [-0.05, 0) is 37.4 Å². The van der Waals surface area contributed by atoms with Crippen LogP contribution < -0.4 is 14.2 Å². The fourth-order valence-corrected chi connectivity index (χ4v) is 2.80. The van der Waals surface area contributed by atoms with Crippen molar-refractivity contribution in [1.29, 1.82) is 5.26 Å². The zero-order valence-electron chi connectivity index (χ0n) is 13.4. The van der Waals surface area contributed by atoms with Crippen LogP contribution in [0.3, 0.4) is 0 Å². The topological polar surface area (TPSA) is 51.5 Å². The maximum atomic E-state index is 9.44. The van der Waals surface area contributed by atoms with Gasteiger partial charge in [0.05, 0.1) is 11.7 Å². The maximum absolute atomic E-state index is 9.44. The lowest BCUT2D eigenvalue weighted by atomic mass is 10.0. The summed E-state index contributed by atoms with van der Waals surface area (Å²) < 4.78 is 17.8. The molecule has 0 N–H and O–H groups in total. The molecule has 1 aliphatic heterocycles. The molecule has 0 bridgehead atoms. The standard InChI is InChI=1S/C20H15NO3/c1-12(2)22-15-7-8-17-18(10-15)24-20-16-6-4-3-5-13(16)9-14(11-21)19(20)23-17/h3-10,12H,1-2H3. The van der Waals surface area contributed by atoms with Crippen LogP contribution in [0.2, 0.25) is 0 Å². The van der Waals surface area contributed by atoms with E-state index in [-0.39, 0.29) is 6.10 Å². The van der Waals surface area contributed by atoms with Gasteiger partial charge < -0.3 is 14.2 Å². The Balaban J connectivity index is 1.86. The lowest BCUT2D eigenvalue weighted by molar-refractivity contribution is 0.240. The summed E-state index contributed by atoms with van der Waals surface area (Å²) in [7, 11) is 0. The molecule has 3 aromatic rings. The van der Waals surface area contributed by atoms with Gasteiger partial charge in [0.1, 0.15) is 11.8 Å². The molecular weight excluding hydrogens is 302 g/mol. The van der Waals surface area contributed by atoms with Crippen LogP contribution in [0.15, 0.2) is 48.5 Å². The largest absolute Gasteiger partial charge is 0.491 e. The number of rotatable bonds is 2. The van der Waals surface area contributed by atoms with E-state index < -0.39 is 0 Å². The molecule has 3 aromatic carbocycles. The van der Waals surface area contributed by atoms with Crippen molar-refractivity contribution in [3.05, 3.63) is 54.1 Å². The minimum absolute atomic E-state index is 0.0749. The van der Waals surface area contributed by atoms with Gasteiger partial charge in [-0.2, -0.15) is 5.26 Å². The highest BCUT2D eigenvalue weighted by Crippen LogP contribution is 2.51. The Morgan fingerprint density at radius 1 is 0.958 bits per heavy atom. The van der Waals surface area contributed by atoms with Gasteiger partial charge in [0.25, 0.3) is 0 Å². The predicted molar refractivity (Wildman–Crippen MR) is 91.0 cm³/mol. The number of nitrogens with zero attached hydrogens (tertiary/aromatic N) is 1. The van der Waals surface area contributed by atoms with Crippen LogP contribution in [-0.4, -0.2) is 6.10 Å². The quantitative estimate of drug-likeness (QED) is 0.497. The first-order valence-corrected chi connectivity index (χ1v) is 7.78. The Labute approximate surface area is 139 Å². The summed E-state index contributed by atoms with van der Waals surface area (Å²) in [6.07, 6.45) is 0.0749. The van der Waals surface area contributed by atoms with Gasteiger partial charge in [-0.15, -0.1) is 0 Å². The van der Waals surface area contributed by atoms with E-state index in [0.29, 0.717) is 28.6 Å². The van der Waals surface area contributed by atoms with Crippen LogP contribution in [0, 0.1) is 11.3 Å². The lowest BCUT2D eigenvalue weighted by Crippen LogP contribution is -2.06. The second-order valence-corrected chi connectivity index (χ2v) is 5.89. The Bertz CT molecular complexity index is 986. The Morgan fingerprint density at radius 2 is 1.75 bits per heavy atom. The predicted octanol–water partition coefficient (Wildman–Crippen LogP) is 5.40. The van der Waals surface area contributed by atoms with Crippen molar-refractivity contribution in [2.75, 3.05) is 0 Å². The van der Waals surface area contributed by atoms with Crippen molar-refractivity contribution in [3.63, 3.8) is 0 Å². The van der Waals surface area contributed by atoms with Gasteiger partial charge in [-0.25, -0.2) is 0 Å². The van der Waals surface area contributed by atoms with Crippen molar-refractivity contribution in [1.82, 2.24) is 0 Å². The zero-order valence-corrected chi connectivity index (χ0v) is 13.4. The molecule has 0 radical (unpaired) electrons. The smallest absolute Gasteiger partial charge is 0.188 e. The Morgan fingerprint density at radius 3 is 2.54 bits per heavy atom. The molecule has 1 aliphatic rings. The monoisotopic (exact) mass is 317 g/mol. The summed E-state index contributed by atoms with van der Waals surface area (Å²) in [6.45, 7) is 3.94. The molecule has 0 saturated heterocycles. The summed E-state index contributed by atoms with van der Waals surface area (Å²) in [6, 6.07) is 17.2. The van der Waals surface area contributed by atoms with E-state index in [1.54, 1.807) is 6.07 Å². The van der Waals surface area contributed by atoms with Crippen LogP contribution in [-0.2, 0) is 0 Å². The number of fused-ring (bicyclic) bond motifs is 4. The first-order valence-electron chi connectivity index (χ1n) is 7.78. The second-order valence-electron chi connectivity index (χ2n) is 5.89. The summed E-state index contributed by atoms with van der Waals surface area (Å²) in [5.74, 6) is 2.91. The van der Waals surface area contributed by atoms with E-state index in [1.807, 2.05) is 56.3 Å². The van der Waals surface area contributed by atoms with Gasteiger partial charge in [0.15, 0.2) is 23.0 Å². The number of hydrogen-bond donors (Lipinski definition) is 0. The molecule has 4 heteroatoms. The molecule has 24 heavy (non-hydrogen) atoms. The summed E-state index contributed by atoms with van der Waals surface area (Å²) in [5, 5.41) is 11.3. The molecule has 4 rings (SSSR count). The first-order chi connectivity index (χ1) is 11.7. The summed E-state index contributed by atoms with van der Waals surface area (Å²) in [4.78, 5) is 0. The van der Waals surface area contributed by atoms with Crippen LogP contribution in [0.5, 0.6) is 28.7 Å². The molecule has 1 heterocycles. The minimum atomic E-state index is 0.0749. The SMILES string of the molecule is CC(C)Oc1ccc2c(c1)Oc1c(c(C#N)cc3ccccc13)O2. The highest BCUT2D eigenvalue weighted by Gasteiger charge is 2.25. The van der Waals surface area contributed by atoms with Gasteiger partial charge in [0, 0.05) is 11.5 Å². The van der Waals surface area contributed by atoms with E-state index in [9.17, 15) is 5.26 Å². The summed E-state index contributed by atoms with van der Waals surface area (Å²) in [5.41, 5.74) is 0.455. The van der Waals surface area contributed by atoms with Gasteiger partial charge in [-0.1, -0.05) is 24.3 Å². The van der Waals surface area contributed by atoms with Crippen molar-refractivity contribution >= 4 is 10.8 Å². The van der Waals surface area contributed by atoms with E-state index in [0.717, 1.165) is 16.5 Å². The highest BCUT2D eigenvalue weighted by molar-refractivity contribution is 5.93. The van der Waals surface area contributed by atoms with E-state index in [1.165, 1.54) is 0 Å². The summed E-state index contributed by atoms with van der Waals surface area (Å²) >= 11 is 0. The number of benzene rings is 3. The minimum Gasteiger partial charge on any atom is -0.491 e. The van der Waals surface area contributed by atoms with Crippen LogP contribution in [0.4, 0.5) is 0 Å². The molecule has 0 aliphatic carbocycles. The first kappa shape index (κ1) is 14.4. The molecule has 0 spiro atoms. The van der Waals surface area contributed by atoms with Gasteiger partial charge >= 0.3 is 0 Å². The number of hydrogen-bond acceptors (Lipinski definition) is 4. The number of ether oxygens (including phenoxy) is 3. The van der Waals surface area contributed by atoms with E-state index in [2.05, 4.69) is 6.07 Å². The molecule has 0 fully saturated rings. The lowest BCUT2D eigenvalue weighted by Gasteiger charge is -2.23. The van der Waals surface area contributed by atoms with Gasteiger partial charge in [-0.3, -0.25) is 0 Å². The fourth-order valence-electron chi connectivity index (χ4n) is 2.80. The third-order valence-electron chi connectivity index (χ3n) is 3.79. The van der Waals surface area contributed by atoms with Crippen molar-refractivity contribution in [2.24, 2.45) is 0 Å². The Kier molecular flexibility index (Phi) is 3.28. The molecule has 118 valence electrons. The average molecular weight is 317 g/mol. The molecule has 0 saturated carbocycles. The second kappa shape index (κ2) is 5.47. The van der Waals surface area contributed by atoms with E-state index in [4.69, 9.17) is 14.2 Å². The van der Waals surface area contributed by atoms with Crippen LogP contribution in [0.25, 0.3) is 10.8 Å². The molecular formula is C20H15NO3. The van der Waals surface area contributed by atoms with Gasteiger partial charge in [0.2, 0.25) is 0 Å². The van der Waals surface area contributed by atoms with Crippen molar-refractivity contribution in [3.8, 4) is 34.8 Å². The normalized spacial score (nSPS) is 11.9. The molecule has 4 nitrogen and oxygen atoms in total. The third kappa shape index (κ3) is 2.31. The average Bonchev–Trinajstić information content (AvgIpc) is 2.59. The van der Waals surface area contributed by atoms with E-state index >= 15 is 0 Å². The molecule has 0 amide bonds. The zero-order chi connectivity index (χ0) is 16.7. The number of nitriles is 1. The van der Waals surface area contributed by atoms with Crippen molar-refractivity contribution in [2.45, 2.75) is 20.0 Å². The third-order valence-corrected chi connectivity index (χ3v) is 3.79. The maximum Gasteiger partial charge on any atom is 0.188 e. The highest BCUT2D eigenvalue weighted by atomic mass is 16.6. The Hall–Kier alpha value is -3.19. The van der Waals surface area contributed by atoms with Crippen LogP contribution in [0.1, 0.15) is 19.4 Å². The fraction of sp³-hybridized carbons (Fsp3) is 0.150.